The number of amides is 1. The van der Waals surface area contributed by atoms with Gasteiger partial charge in [0.05, 0.1) is 0 Å². The predicted octanol–water partition coefficient (Wildman–Crippen LogP) is 3.24. The zero-order chi connectivity index (χ0) is 13.1. The number of benzene rings is 1. The summed E-state index contributed by atoms with van der Waals surface area (Å²) in [6.45, 7) is 3.00. The normalized spacial score (nSPS) is 8.71. The third-order valence-electron chi connectivity index (χ3n) is 1.83. The van der Waals surface area contributed by atoms with Crippen LogP contribution in [0.1, 0.15) is 13.3 Å². The van der Waals surface area contributed by atoms with Crippen LogP contribution in [0.15, 0.2) is 24.3 Å². The fourth-order valence-electron chi connectivity index (χ4n) is 1.10. The molecule has 0 aromatic heterocycles. The molecule has 0 atom stereocenters. The van der Waals surface area contributed by atoms with Crippen LogP contribution in [-0.4, -0.2) is 25.5 Å². The molecule has 0 radical (unpaired) electrons. The van der Waals surface area contributed by atoms with Crippen molar-refractivity contribution in [3.05, 3.63) is 24.3 Å². The monoisotopic (exact) mass is 302 g/mol. The molecule has 17 heavy (non-hydrogen) atoms. The fraction of sp³-hybridized carbons (Fsp3) is 0.417. The third kappa shape index (κ3) is 6.84. The number of hydrogen-bond acceptors (Lipinski definition) is 3. The fourth-order valence-corrected chi connectivity index (χ4v) is 1.10. The predicted molar refractivity (Wildman–Crippen MR) is 75.2 cm³/mol. The number of rotatable bonds is 4. The summed E-state index contributed by atoms with van der Waals surface area (Å²) >= 11 is 2.94. The van der Waals surface area contributed by atoms with E-state index in [1.807, 2.05) is 18.0 Å². The van der Waals surface area contributed by atoms with Crippen LogP contribution in [0.3, 0.4) is 0 Å². The largest absolute Gasteiger partial charge is 0.412 e. The molecule has 1 aromatic carbocycles. The van der Waals surface area contributed by atoms with Crippen molar-refractivity contribution in [1.29, 1.82) is 0 Å². The summed E-state index contributed by atoms with van der Waals surface area (Å²) in [6, 6.07) is 7.32. The van der Waals surface area contributed by atoms with Crippen molar-refractivity contribution in [3.63, 3.8) is 0 Å². The van der Waals surface area contributed by atoms with E-state index in [-0.39, 0.29) is 0 Å². The Hall–Kier alpha value is -1.23. The molecule has 1 amide bonds. The second-order valence-corrected chi connectivity index (χ2v) is 3.09. The summed E-state index contributed by atoms with van der Waals surface area (Å²) in [4.78, 5) is 11.0. The van der Waals surface area contributed by atoms with Gasteiger partial charge in [0.2, 0.25) is 0 Å². The maximum absolute atomic E-state index is 11.0. The van der Waals surface area contributed by atoms with Gasteiger partial charge in [-0.2, -0.15) is 0 Å². The molecule has 2 N–H and O–H groups in total. The summed E-state index contributed by atoms with van der Waals surface area (Å²) in [5.74, 6) is 2.35. The molecule has 0 spiro atoms. The molecule has 0 aliphatic rings. The van der Waals surface area contributed by atoms with E-state index in [0.29, 0.717) is 5.75 Å². The molecule has 4 nitrogen and oxygen atoms in total. The van der Waals surface area contributed by atoms with Gasteiger partial charge in [-0.1, -0.05) is 28.9 Å². The minimum atomic E-state index is -0.456. The Morgan fingerprint density at radius 2 is 2.12 bits per heavy atom. The molecule has 1 aromatic rings. The number of anilines is 1. The van der Waals surface area contributed by atoms with E-state index in [0.717, 1.165) is 18.7 Å². The quantitative estimate of drug-likeness (QED) is 0.840. The molecule has 0 saturated heterocycles. The van der Waals surface area contributed by atoms with E-state index < -0.39 is 6.09 Å². The number of ether oxygens (including phenoxy) is 1. The number of carbonyl (C=O) groups excluding carboxylic acids is 1. The maximum atomic E-state index is 11.0. The Kier molecular flexibility index (Phi) is 9.24. The van der Waals surface area contributed by atoms with Crippen LogP contribution < -0.4 is 15.4 Å². The number of halogens is 1. The van der Waals surface area contributed by atoms with E-state index in [1.165, 1.54) is 7.05 Å². The lowest BCUT2D eigenvalue weighted by Gasteiger charge is -2.07. The molecular formula is C12H19BrN2O2. The number of hydrogen-bond donors (Lipinski definition) is 2. The highest BCUT2D eigenvalue weighted by molar-refractivity contribution is 9.08. The van der Waals surface area contributed by atoms with E-state index >= 15 is 0 Å². The summed E-state index contributed by atoms with van der Waals surface area (Å²) in [7, 11) is 1.53. The van der Waals surface area contributed by atoms with Gasteiger partial charge >= 0.3 is 6.09 Å². The first-order chi connectivity index (χ1) is 8.26. The maximum Gasteiger partial charge on any atom is 0.412 e. The van der Waals surface area contributed by atoms with E-state index in [9.17, 15) is 4.79 Å². The van der Waals surface area contributed by atoms with Gasteiger partial charge in [-0.05, 0) is 24.4 Å². The van der Waals surface area contributed by atoms with Crippen molar-refractivity contribution in [2.45, 2.75) is 13.3 Å². The first-order valence-corrected chi connectivity index (χ1v) is 6.96. The minimum Gasteiger partial charge on any atom is -0.410 e. The molecule has 96 valence electrons. The average molecular weight is 303 g/mol. The van der Waals surface area contributed by atoms with Crippen molar-refractivity contribution >= 4 is 27.7 Å². The van der Waals surface area contributed by atoms with Gasteiger partial charge < -0.3 is 15.4 Å². The molecule has 0 bridgehead atoms. The Balaban J connectivity index is 0.00000121. The Morgan fingerprint density at radius 1 is 1.41 bits per heavy atom. The Labute approximate surface area is 111 Å². The van der Waals surface area contributed by atoms with Gasteiger partial charge in [-0.15, -0.1) is 0 Å². The highest BCUT2D eigenvalue weighted by Crippen LogP contribution is 2.17. The summed E-state index contributed by atoms with van der Waals surface area (Å²) < 4.78 is 4.99. The van der Waals surface area contributed by atoms with Crippen LogP contribution >= 0.6 is 15.9 Å². The molecular weight excluding hydrogens is 284 g/mol. The first kappa shape index (κ1) is 15.8. The van der Waals surface area contributed by atoms with Gasteiger partial charge in [0.1, 0.15) is 5.75 Å². The van der Waals surface area contributed by atoms with E-state index in [2.05, 4.69) is 33.5 Å². The number of alkyl halides is 1. The molecule has 5 heteroatoms. The molecule has 0 aliphatic carbocycles. The van der Waals surface area contributed by atoms with E-state index in [4.69, 9.17) is 4.74 Å². The van der Waals surface area contributed by atoms with Gasteiger partial charge in [0, 0.05) is 25.3 Å². The summed E-state index contributed by atoms with van der Waals surface area (Å²) in [5.41, 5.74) is 0.957. The van der Waals surface area contributed by atoms with E-state index in [1.54, 1.807) is 12.1 Å². The van der Waals surface area contributed by atoms with Gasteiger partial charge in [0.25, 0.3) is 0 Å². The lowest BCUT2D eigenvalue weighted by Crippen LogP contribution is -2.22. The highest BCUT2D eigenvalue weighted by Gasteiger charge is 2.01. The van der Waals surface area contributed by atoms with Crippen LogP contribution in [0.25, 0.3) is 0 Å². The van der Waals surface area contributed by atoms with Crippen molar-refractivity contribution in [2.75, 3.05) is 24.7 Å². The smallest absolute Gasteiger partial charge is 0.410 e. The molecule has 0 unspecified atom stereocenters. The molecule has 0 saturated carbocycles. The average Bonchev–Trinajstić information content (AvgIpc) is 2.39. The zero-order valence-electron chi connectivity index (χ0n) is 10.4. The zero-order valence-corrected chi connectivity index (χ0v) is 12.0. The summed E-state index contributed by atoms with van der Waals surface area (Å²) in [5, 5.41) is 5.61. The van der Waals surface area contributed by atoms with Crippen molar-refractivity contribution in [2.24, 2.45) is 0 Å². The second-order valence-electron chi connectivity index (χ2n) is 3.09. The van der Waals surface area contributed by atoms with Crippen LogP contribution in [-0.2, 0) is 0 Å². The van der Waals surface area contributed by atoms with Crippen LogP contribution in [0.4, 0.5) is 10.5 Å². The SMILES string of the molecule is CBr.CCCNc1cccc(OC(=O)NC)c1. The van der Waals surface area contributed by atoms with Gasteiger partial charge in [-0.25, -0.2) is 4.79 Å². The van der Waals surface area contributed by atoms with Crippen LogP contribution in [0.5, 0.6) is 5.75 Å². The molecule has 0 aliphatic heterocycles. The van der Waals surface area contributed by atoms with Gasteiger partial charge in [-0.3, -0.25) is 0 Å². The van der Waals surface area contributed by atoms with Gasteiger partial charge in [0.15, 0.2) is 0 Å². The highest BCUT2D eigenvalue weighted by atomic mass is 79.9. The van der Waals surface area contributed by atoms with Crippen LogP contribution in [0.2, 0.25) is 0 Å². The molecule has 0 heterocycles. The number of carbonyl (C=O) groups is 1. The van der Waals surface area contributed by atoms with Crippen molar-refractivity contribution in [1.82, 2.24) is 5.32 Å². The topological polar surface area (TPSA) is 50.4 Å². The Bertz CT molecular complexity index is 332. The number of nitrogens with one attached hydrogen (secondary N) is 2. The Morgan fingerprint density at radius 3 is 2.71 bits per heavy atom. The third-order valence-corrected chi connectivity index (χ3v) is 1.83. The summed E-state index contributed by atoms with van der Waals surface area (Å²) in [6.07, 6.45) is 0.600. The molecule has 1 rings (SSSR count). The van der Waals surface area contributed by atoms with Crippen molar-refractivity contribution < 1.29 is 9.53 Å². The lowest BCUT2D eigenvalue weighted by atomic mass is 10.3. The van der Waals surface area contributed by atoms with Crippen molar-refractivity contribution in [3.8, 4) is 5.75 Å². The standard InChI is InChI=1S/C11H16N2O2.CH3Br/c1-3-7-13-9-5-4-6-10(8-9)15-11(14)12-2;1-2/h4-6,8,13H,3,7H2,1-2H3,(H,12,14);1H3. The second kappa shape index (κ2) is 9.96. The molecule has 0 fully saturated rings. The lowest BCUT2D eigenvalue weighted by molar-refractivity contribution is 0.203. The minimum absolute atomic E-state index is 0.456. The first-order valence-electron chi connectivity index (χ1n) is 5.37. The van der Waals surface area contributed by atoms with Crippen LogP contribution in [0, 0.1) is 0 Å².